The Labute approximate surface area is 133 Å². The predicted molar refractivity (Wildman–Crippen MR) is 84.7 cm³/mol. The number of fused-ring (bicyclic) bond motifs is 1. The van der Waals surface area contributed by atoms with E-state index < -0.39 is 10.0 Å². The monoisotopic (exact) mass is 338 g/mol. The van der Waals surface area contributed by atoms with Gasteiger partial charge in [-0.25, -0.2) is 18.1 Å². The Morgan fingerprint density at radius 3 is 3.09 bits per heavy atom. The number of H-pyrrole nitrogens is 1. The molecule has 2 aromatic rings. The smallest absolute Gasteiger partial charge is 0.215 e. The van der Waals surface area contributed by atoms with Crippen molar-refractivity contribution in [2.75, 3.05) is 0 Å². The molecule has 2 saturated carbocycles. The predicted octanol–water partition coefficient (Wildman–Crippen LogP) is 2.14. The minimum Gasteiger partial charge on any atom is -0.262 e. The Kier molecular flexibility index (Phi) is 3.54. The van der Waals surface area contributed by atoms with Crippen molar-refractivity contribution < 1.29 is 8.42 Å². The highest BCUT2D eigenvalue weighted by Gasteiger charge is 2.49. The average Bonchev–Trinajstić information content (AvgIpc) is 3.17. The van der Waals surface area contributed by atoms with Gasteiger partial charge in [0.1, 0.15) is 5.82 Å². The van der Waals surface area contributed by atoms with Crippen LogP contribution in [0, 0.1) is 11.8 Å². The number of nitrogens with zero attached hydrogens (tertiary/aromatic N) is 2. The Balaban J connectivity index is 1.40. The summed E-state index contributed by atoms with van der Waals surface area (Å²) < 4.78 is 27.5. The summed E-state index contributed by atoms with van der Waals surface area (Å²) in [6.07, 6.45) is 4.24. The number of aromatic amines is 1. The van der Waals surface area contributed by atoms with Gasteiger partial charge in [0.2, 0.25) is 10.0 Å². The SMILES string of the molecule is O=S(=O)(NCc1nc(-c2cccs2)n[nH]1)C1CC2CCCC21. The number of aromatic nitrogens is 3. The van der Waals surface area contributed by atoms with Crippen LogP contribution in [-0.4, -0.2) is 28.8 Å². The summed E-state index contributed by atoms with van der Waals surface area (Å²) in [5, 5.41) is 8.69. The van der Waals surface area contributed by atoms with E-state index >= 15 is 0 Å². The number of hydrogen-bond donors (Lipinski definition) is 2. The van der Waals surface area contributed by atoms with Crippen LogP contribution in [0.2, 0.25) is 0 Å². The second-order valence-corrected chi connectivity index (χ2v) is 9.01. The first-order valence-corrected chi connectivity index (χ1v) is 10.00. The van der Waals surface area contributed by atoms with Crippen molar-refractivity contribution >= 4 is 21.4 Å². The van der Waals surface area contributed by atoms with Gasteiger partial charge in [-0.3, -0.25) is 5.10 Å². The largest absolute Gasteiger partial charge is 0.262 e. The molecule has 0 radical (unpaired) electrons. The average molecular weight is 338 g/mol. The minimum atomic E-state index is -3.26. The van der Waals surface area contributed by atoms with E-state index in [-0.39, 0.29) is 11.8 Å². The van der Waals surface area contributed by atoms with E-state index in [9.17, 15) is 8.42 Å². The van der Waals surface area contributed by atoms with Crippen molar-refractivity contribution in [2.45, 2.75) is 37.5 Å². The topological polar surface area (TPSA) is 87.7 Å². The lowest BCUT2D eigenvalue weighted by molar-refractivity contribution is 0.221. The number of rotatable bonds is 5. The Morgan fingerprint density at radius 2 is 2.32 bits per heavy atom. The molecule has 2 fully saturated rings. The van der Waals surface area contributed by atoms with E-state index in [1.165, 1.54) is 12.8 Å². The fourth-order valence-electron chi connectivity index (χ4n) is 3.65. The first-order valence-electron chi connectivity index (χ1n) is 7.57. The van der Waals surface area contributed by atoms with Gasteiger partial charge in [-0.1, -0.05) is 18.9 Å². The molecule has 2 aliphatic carbocycles. The molecular weight excluding hydrogens is 320 g/mol. The van der Waals surface area contributed by atoms with Gasteiger partial charge >= 0.3 is 0 Å². The third kappa shape index (κ3) is 2.49. The van der Waals surface area contributed by atoms with Gasteiger partial charge in [-0.2, -0.15) is 5.10 Å². The van der Waals surface area contributed by atoms with Gasteiger partial charge < -0.3 is 0 Å². The molecule has 0 aliphatic heterocycles. The molecule has 2 heterocycles. The molecule has 0 spiro atoms. The highest BCUT2D eigenvalue weighted by Crippen LogP contribution is 2.49. The van der Waals surface area contributed by atoms with Crippen LogP contribution >= 0.6 is 11.3 Å². The van der Waals surface area contributed by atoms with E-state index in [0.717, 1.165) is 17.7 Å². The number of thiophene rings is 1. The summed E-state index contributed by atoms with van der Waals surface area (Å²) in [6, 6.07) is 3.88. The second-order valence-electron chi connectivity index (χ2n) is 6.08. The third-order valence-corrected chi connectivity index (χ3v) is 7.59. The molecule has 6 nitrogen and oxygen atoms in total. The molecule has 2 N–H and O–H groups in total. The lowest BCUT2D eigenvalue weighted by atomic mass is 9.76. The summed E-state index contributed by atoms with van der Waals surface area (Å²) in [6.45, 7) is 0.175. The summed E-state index contributed by atoms with van der Waals surface area (Å²) in [7, 11) is -3.26. The van der Waals surface area contributed by atoms with Crippen molar-refractivity contribution in [1.82, 2.24) is 19.9 Å². The normalized spacial score (nSPS) is 27.5. The lowest BCUT2D eigenvalue weighted by Crippen LogP contribution is -2.48. The number of hydrogen-bond acceptors (Lipinski definition) is 5. The lowest BCUT2D eigenvalue weighted by Gasteiger charge is -2.39. The first kappa shape index (κ1) is 14.3. The molecule has 3 atom stereocenters. The zero-order valence-electron chi connectivity index (χ0n) is 12.0. The van der Waals surface area contributed by atoms with E-state index in [0.29, 0.717) is 23.5 Å². The summed E-state index contributed by atoms with van der Waals surface area (Å²) >= 11 is 1.56. The van der Waals surface area contributed by atoms with Crippen LogP contribution in [0.3, 0.4) is 0 Å². The van der Waals surface area contributed by atoms with Crippen LogP contribution < -0.4 is 4.72 Å². The first-order chi connectivity index (χ1) is 10.6. The Bertz CT molecular complexity index is 754. The summed E-state index contributed by atoms with van der Waals surface area (Å²) in [5.41, 5.74) is 0. The maximum atomic E-state index is 12.4. The summed E-state index contributed by atoms with van der Waals surface area (Å²) in [5.74, 6) is 2.17. The molecule has 2 aliphatic rings. The second kappa shape index (κ2) is 5.43. The zero-order valence-corrected chi connectivity index (χ0v) is 13.7. The zero-order chi connectivity index (χ0) is 15.2. The number of nitrogens with one attached hydrogen (secondary N) is 2. The van der Waals surface area contributed by atoms with E-state index in [4.69, 9.17) is 0 Å². The highest BCUT2D eigenvalue weighted by molar-refractivity contribution is 7.90. The van der Waals surface area contributed by atoms with Gasteiger partial charge in [-0.05, 0) is 36.1 Å². The molecule has 0 amide bonds. The molecular formula is C14H18N4O2S2. The van der Waals surface area contributed by atoms with Gasteiger partial charge in [0.15, 0.2) is 5.82 Å². The maximum absolute atomic E-state index is 12.4. The van der Waals surface area contributed by atoms with Crippen molar-refractivity contribution in [1.29, 1.82) is 0 Å². The maximum Gasteiger partial charge on any atom is 0.215 e. The van der Waals surface area contributed by atoms with Crippen molar-refractivity contribution in [3.8, 4) is 10.7 Å². The van der Waals surface area contributed by atoms with Crippen LogP contribution in [0.25, 0.3) is 10.7 Å². The molecule has 4 rings (SSSR count). The Hall–Kier alpha value is -1.25. The van der Waals surface area contributed by atoms with E-state index in [1.807, 2.05) is 17.5 Å². The van der Waals surface area contributed by atoms with Gasteiger partial charge in [0.05, 0.1) is 16.7 Å². The molecule has 3 unspecified atom stereocenters. The van der Waals surface area contributed by atoms with Crippen molar-refractivity contribution in [3.05, 3.63) is 23.3 Å². The van der Waals surface area contributed by atoms with Crippen molar-refractivity contribution in [2.24, 2.45) is 11.8 Å². The van der Waals surface area contributed by atoms with Gasteiger partial charge in [0, 0.05) is 0 Å². The van der Waals surface area contributed by atoms with Gasteiger partial charge in [-0.15, -0.1) is 11.3 Å². The molecule has 2 aromatic heterocycles. The minimum absolute atomic E-state index is 0.175. The van der Waals surface area contributed by atoms with E-state index in [2.05, 4.69) is 19.9 Å². The standard InChI is InChI=1S/C14H18N4O2S2/c19-22(20,12-7-9-3-1-4-10(9)12)15-8-13-16-14(18-17-13)11-5-2-6-21-11/h2,5-6,9-10,12,15H,1,3-4,7-8H2,(H,16,17,18). The van der Waals surface area contributed by atoms with Crippen LogP contribution in [0.1, 0.15) is 31.5 Å². The number of sulfonamides is 1. The van der Waals surface area contributed by atoms with Gasteiger partial charge in [0.25, 0.3) is 0 Å². The third-order valence-electron chi connectivity index (χ3n) is 4.84. The summed E-state index contributed by atoms with van der Waals surface area (Å²) in [4.78, 5) is 5.31. The molecule has 8 heteroatoms. The van der Waals surface area contributed by atoms with Crippen LogP contribution in [0.15, 0.2) is 17.5 Å². The van der Waals surface area contributed by atoms with Crippen LogP contribution in [0.4, 0.5) is 0 Å². The van der Waals surface area contributed by atoms with E-state index in [1.54, 1.807) is 11.3 Å². The Morgan fingerprint density at radius 1 is 1.41 bits per heavy atom. The van der Waals surface area contributed by atoms with Crippen LogP contribution in [0.5, 0.6) is 0 Å². The molecule has 22 heavy (non-hydrogen) atoms. The van der Waals surface area contributed by atoms with Crippen molar-refractivity contribution in [3.63, 3.8) is 0 Å². The quantitative estimate of drug-likeness (QED) is 0.874. The molecule has 118 valence electrons. The molecule has 0 saturated heterocycles. The fraction of sp³-hybridized carbons (Fsp3) is 0.571. The molecule has 0 aromatic carbocycles. The fourth-order valence-corrected chi connectivity index (χ4v) is 6.18. The highest BCUT2D eigenvalue weighted by atomic mass is 32.2. The molecule has 0 bridgehead atoms. The van der Waals surface area contributed by atoms with Crippen LogP contribution in [-0.2, 0) is 16.6 Å².